The Labute approximate surface area is 101 Å². The quantitative estimate of drug-likeness (QED) is 0.430. The molecule has 0 N–H and O–H groups in total. The molecule has 0 spiro atoms. The van der Waals surface area contributed by atoms with Crippen LogP contribution in [0.1, 0.15) is 12.5 Å². The van der Waals surface area contributed by atoms with Crippen molar-refractivity contribution in [3.05, 3.63) is 54.6 Å². The molecule has 0 saturated carbocycles. The smallest absolute Gasteiger partial charge is 0.333 e. The van der Waals surface area contributed by atoms with Crippen molar-refractivity contribution in [3.8, 4) is 5.75 Å². The highest BCUT2D eigenvalue weighted by Gasteiger charge is 2.04. The van der Waals surface area contributed by atoms with Gasteiger partial charge in [0.1, 0.15) is 19.0 Å². The molecule has 90 valence electrons. The van der Waals surface area contributed by atoms with Crippen LogP contribution in [0.4, 0.5) is 0 Å². The molecular weight excluding hydrogens is 216 g/mol. The minimum absolute atomic E-state index is 0.219. The molecule has 0 aliphatic heterocycles. The van der Waals surface area contributed by atoms with E-state index in [1.807, 2.05) is 24.3 Å². The summed E-state index contributed by atoms with van der Waals surface area (Å²) in [5.74, 6) is 0.344. The molecule has 0 aliphatic rings. The maximum atomic E-state index is 11.2. The number of benzene rings is 1. The fourth-order valence-electron chi connectivity index (χ4n) is 1.15. The van der Waals surface area contributed by atoms with Crippen LogP contribution in [0.3, 0.4) is 0 Å². The number of carbonyl (C=O) groups excluding carboxylic acids is 1. The first-order valence-corrected chi connectivity index (χ1v) is 5.28. The molecule has 0 aliphatic carbocycles. The normalized spacial score (nSPS) is 9.47. The second-order valence-corrected chi connectivity index (χ2v) is 3.60. The highest BCUT2D eigenvalue weighted by atomic mass is 16.5. The Kier molecular flexibility index (Phi) is 5.01. The Morgan fingerprint density at radius 3 is 2.88 bits per heavy atom. The highest BCUT2D eigenvalue weighted by molar-refractivity contribution is 5.86. The van der Waals surface area contributed by atoms with Gasteiger partial charge in [-0.2, -0.15) is 0 Å². The molecule has 0 bridgehead atoms. The minimum Gasteiger partial charge on any atom is -0.490 e. The molecule has 0 radical (unpaired) electrons. The lowest BCUT2D eigenvalue weighted by Crippen LogP contribution is -2.05. The van der Waals surface area contributed by atoms with Crippen LogP contribution in [0.2, 0.25) is 0 Å². The average molecular weight is 232 g/mol. The summed E-state index contributed by atoms with van der Waals surface area (Å²) in [6.07, 6.45) is 1.67. The van der Waals surface area contributed by atoms with Gasteiger partial charge in [-0.1, -0.05) is 31.4 Å². The van der Waals surface area contributed by atoms with E-state index in [0.29, 0.717) is 12.2 Å². The number of hydrogen-bond donors (Lipinski definition) is 0. The Morgan fingerprint density at radius 2 is 2.24 bits per heavy atom. The predicted octanol–water partition coefficient (Wildman–Crippen LogP) is 2.87. The van der Waals surface area contributed by atoms with Crippen LogP contribution in [0, 0.1) is 0 Å². The van der Waals surface area contributed by atoms with Crippen molar-refractivity contribution in [1.82, 2.24) is 0 Å². The van der Waals surface area contributed by atoms with Gasteiger partial charge in [-0.25, -0.2) is 4.79 Å². The first kappa shape index (κ1) is 13.0. The van der Waals surface area contributed by atoms with E-state index in [4.69, 9.17) is 9.47 Å². The molecule has 0 aromatic heterocycles. The van der Waals surface area contributed by atoms with Crippen molar-refractivity contribution in [2.24, 2.45) is 0 Å². The van der Waals surface area contributed by atoms with Crippen LogP contribution in [-0.2, 0) is 16.1 Å². The van der Waals surface area contributed by atoms with E-state index in [1.54, 1.807) is 13.0 Å². The van der Waals surface area contributed by atoms with Crippen molar-refractivity contribution in [2.45, 2.75) is 13.5 Å². The van der Waals surface area contributed by atoms with Gasteiger partial charge in [0.2, 0.25) is 0 Å². The van der Waals surface area contributed by atoms with Crippen molar-refractivity contribution in [3.63, 3.8) is 0 Å². The molecule has 0 unspecified atom stereocenters. The van der Waals surface area contributed by atoms with Crippen LogP contribution in [0.5, 0.6) is 5.75 Å². The maximum absolute atomic E-state index is 11.2. The van der Waals surface area contributed by atoms with Gasteiger partial charge in [0.25, 0.3) is 0 Å². The lowest BCUT2D eigenvalue weighted by Gasteiger charge is -2.07. The molecule has 0 atom stereocenters. The summed E-state index contributed by atoms with van der Waals surface area (Å²) >= 11 is 0. The van der Waals surface area contributed by atoms with Crippen molar-refractivity contribution < 1.29 is 14.3 Å². The van der Waals surface area contributed by atoms with E-state index in [2.05, 4.69) is 13.2 Å². The summed E-state index contributed by atoms with van der Waals surface area (Å²) in [5, 5.41) is 0. The summed E-state index contributed by atoms with van der Waals surface area (Å²) in [6, 6.07) is 7.39. The number of hydrogen-bond acceptors (Lipinski definition) is 3. The van der Waals surface area contributed by atoms with Crippen LogP contribution >= 0.6 is 0 Å². The molecule has 0 fully saturated rings. The first-order chi connectivity index (χ1) is 8.13. The monoisotopic (exact) mass is 232 g/mol. The van der Waals surface area contributed by atoms with E-state index in [9.17, 15) is 4.79 Å². The Balaban J connectivity index is 2.56. The van der Waals surface area contributed by atoms with Crippen molar-refractivity contribution in [1.29, 1.82) is 0 Å². The number of carbonyl (C=O) groups is 1. The zero-order valence-corrected chi connectivity index (χ0v) is 9.94. The molecule has 17 heavy (non-hydrogen) atoms. The third kappa shape index (κ3) is 4.55. The van der Waals surface area contributed by atoms with Gasteiger partial charge < -0.3 is 9.47 Å². The molecule has 0 amide bonds. The highest BCUT2D eigenvalue weighted by Crippen LogP contribution is 2.14. The summed E-state index contributed by atoms with van der Waals surface area (Å²) in [6.45, 7) is 9.38. The molecule has 0 heterocycles. The third-order valence-electron chi connectivity index (χ3n) is 1.98. The largest absolute Gasteiger partial charge is 0.490 e. The van der Waals surface area contributed by atoms with Gasteiger partial charge in [-0.05, 0) is 24.6 Å². The van der Waals surface area contributed by atoms with E-state index >= 15 is 0 Å². The van der Waals surface area contributed by atoms with Crippen LogP contribution in [0.15, 0.2) is 49.1 Å². The minimum atomic E-state index is -0.387. The summed E-state index contributed by atoms with van der Waals surface area (Å²) in [7, 11) is 0. The van der Waals surface area contributed by atoms with Crippen LogP contribution < -0.4 is 4.74 Å². The second kappa shape index (κ2) is 6.53. The van der Waals surface area contributed by atoms with Gasteiger partial charge in [-0.3, -0.25) is 0 Å². The zero-order chi connectivity index (χ0) is 12.7. The summed E-state index contributed by atoms with van der Waals surface area (Å²) in [5.41, 5.74) is 1.27. The molecule has 1 rings (SSSR count). The molecule has 3 heteroatoms. The Bertz CT molecular complexity index is 421. The van der Waals surface area contributed by atoms with E-state index < -0.39 is 0 Å². The van der Waals surface area contributed by atoms with Gasteiger partial charge >= 0.3 is 5.97 Å². The van der Waals surface area contributed by atoms with E-state index in [-0.39, 0.29) is 12.6 Å². The van der Waals surface area contributed by atoms with Gasteiger partial charge in [0.05, 0.1) is 0 Å². The number of esters is 1. The average Bonchev–Trinajstić information content (AvgIpc) is 2.33. The lowest BCUT2D eigenvalue weighted by atomic mass is 10.2. The van der Waals surface area contributed by atoms with Gasteiger partial charge in [-0.15, -0.1) is 0 Å². The first-order valence-electron chi connectivity index (χ1n) is 5.28. The molecule has 1 aromatic rings. The fraction of sp³-hybridized carbons (Fsp3) is 0.214. The van der Waals surface area contributed by atoms with Crippen molar-refractivity contribution in [2.75, 3.05) is 6.61 Å². The lowest BCUT2D eigenvalue weighted by molar-refractivity contribution is -0.140. The molecule has 0 saturated heterocycles. The summed E-state index contributed by atoms with van der Waals surface area (Å²) in [4.78, 5) is 11.2. The van der Waals surface area contributed by atoms with Crippen molar-refractivity contribution >= 4 is 5.97 Å². The number of ether oxygens (including phenoxy) is 2. The SMILES string of the molecule is C=CCOc1cccc(COC(=O)C(=C)C)c1. The van der Waals surface area contributed by atoms with Gasteiger partial charge in [0.15, 0.2) is 0 Å². The Hall–Kier alpha value is -2.03. The summed E-state index contributed by atoms with van der Waals surface area (Å²) < 4.78 is 10.4. The van der Waals surface area contributed by atoms with Crippen LogP contribution in [0.25, 0.3) is 0 Å². The standard InChI is InChI=1S/C14H16O3/c1-4-8-16-13-7-5-6-12(9-13)10-17-14(15)11(2)3/h4-7,9H,1-2,8,10H2,3H3. The second-order valence-electron chi connectivity index (χ2n) is 3.60. The van der Waals surface area contributed by atoms with E-state index in [0.717, 1.165) is 11.3 Å². The van der Waals surface area contributed by atoms with Crippen LogP contribution in [-0.4, -0.2) is 12.6 Å². The van der Waals surface area contributed by atoms with E-state index in [1.165, 1.54) is 0 Å². The maximum Gasteiger partial charge on any atom is 0.333 e. The number of rotatable bonds is 6. The topological polar surface area (TPSA) is 35.5 Å². The zero-order valence-electron chi connectivity index (χ0n) is 9.94. The Morgan fingerprint density at radius 1 is 1.47 bits per heavy atom. The predicted molar refractivity (Wildman–Crippen MR) is 66.7 cm³/mol. The molecule has 3 nitrogen and oxygen atoms in total. The molecule has 1 aromatic carbocycles. The van der Waals surface area contributed by atoms with Gasteiger partial charge in [0, 0.05) is 5.57 Å². The molecular formula is C14H16O3. The fourth-order valence-corrected chi connectivity index (χ4v) is 1.15. The third-order valence-corrected chi connectivity index (χ3v) is 1.98.